The second-order valence-corrected chi connectivity index (χ2v) is 8.56. The van der Waals surface area contributed by atoms with Crippen molar-refractivity contribution in [2.45, 2.75) is 11.7 Å². The quantitative estimate of drug-likeness (QED) is 0.829. The number of carboxylic acids is 1. The number of carbonyl (C=O) groups excluding carboxylic acids is 1. The maximum absolute atomic E-state index is 12.3. The first kappa shape index (κ1) is 16.8. The van der Waals surface area contributed by atoms with Gasteiger partial charge >= 0.3 is 5.97 Å². The number of nitrogens with zero attached hydrogens (tertiary/aromatic N) is 1. The van der Waals surface area contributed by atoms with E-state index in [1.165, 1.54) is 16.7 Å². The van der Waals surface area contributed by atoms with Crippen LogP contribution >= 0.6 is 11.8 Å². The van der Waals surface area contributed by atoms with E-state index in [0.717, 1.165) is 0 Å². The Morgan fingerprint density at radius 3 is 2.50 bits per heavy atom. The summed E-state index contributed by atoms with van der Waals surface area (Å²) in [5.74, 6) is -1.10. The molecule has 1 aliphatic rings. The molecule has 1 atom stereocenters. The molecule has 6 nitrogen and oxygen atoms in total. The number of hydrogen-bond acceptors (Lipinski definition) is 5. The highest BCUT2D eigenvalue weighted by Crippen LogP contribution is 2.25. The molecule has 0 spiro atoms. The molecule has 1 unspecified atom stereocenters. The van der Waals surface area contributed by atoms with E-state index in [9.17, 15) is 18.0 Å². The molecule has 8 heteroatoms. The highest BCUT2D eigenvalue weighted by atomic mass is 32.2. The number of sulfone groups is 1. The van der Waals surface area contributed by atoms with Gasteiger partial charge in [0, 0.05) is 10.9 Å². The first-order chi connectivity index (χ1) is 10.4. The molecule has 1 N–H and O–H groups in total. The maximum atomic E-state index is 12.3. The molecule has 0 aromatic heterocycles. The summed E-state index contributed by atoms with van der Waals surface area (Å²) in [6.45, 7) is -0.410. The zero-order chi connectivity index (χ0) is 16.2. The number of amides is 1. The van der Waals surface area contributed by atoms with Gasteiger partial charge in [-0.05, 0) is 18.6 Å². The zero-order valence-corrected chi connectivity index (χ0v) is 13.5. The van der Waals surface area contributed by atoms with Gasteiger partial charge in [-0.1, -0.05) is 18.2 Å². The molecule has 0 saturated carbocycles. The van der Waals surface area contributed by atoms with Gasteiger partial charge in [-0.2, -0.15) is 0 Å². The van der Waals surface area contributed by atoms with Gasteiger partial charge in [0.2, 0.25) is 5.91 Å². The summed E-state index contributed by atoms with van der Waals surface area (Å²) in [7, 11) is -2.97. The van der Waals surface area contributed by atoms with E-state index in [4.69, 9.17) is 5.11 Å². The Morgan fingerprint density at radius 2 is 1.95 bits per heavy atom. The number of rotatable bonds is 6. The molecule has 0 bridgehead atoms. The van der Waals surface area contributed by atoms with E-state index < -0.39 is 22.4 Å². The molecule has 120 valence electrons. The Morgan fingerprint density at radius 1 is 1.27 bits per heavy atom. The molecule has 22 heavy (non-hydrogen) atoms. The third-order valence-corrected chi connectivity index (χ3v) is 6.56. The van der Waals surface area contributed by atoms with Gasteiger partial charge in [0.25, 0.3) is 0 Å². The van der Waals surface area contributed by atoms with Crippen LogP contribution in [0.1, 0.15) is 6.42 Å². The van der Waals surface area contributed by atoms with Gasteiger partial charge in [0.05, 0.1) is 17.3 Å². The Labute approximate surface area is 133 Å². The maximum Gasteiger partial charge on any atom is 0.323 e. The Balaban J connectivity index is 1.99. The SMILES string of the molecule is O=C(O)CN(C(=O)CSC1CCS(=O)(=O)C1)c1ccccc1. The van der Waals surface area contributed by atoms with Gasteiger partial charge < -0.3 is 10.0 Å². The summed E-state index contributed by atoms with van der Waals surface area (Å²) < 4.78 is 22.8. The van der Waals surface area contributed by atoms with Gasteiger partial charge in [-0.25, -0.2) is 8.42 Å². The molecule has 1 aliphatic heterocycles. The summed E-state index contributed by atoms with van der Waals surface area (Å²) >= 11 is 1.28. The smallest absolute Gasteiger partial charge is 0.323 e. The lowest BCUT2D eigenvalue weighted by Crippen LogP contribution is -2.37. The zero-order valence-electron chi connectivity index (χ0n) is 11.8. The number of para-hydroxylation sites is 1. The minimum atomic E-state index is -2.97. The first-order valence-corrected chi connectivity index (χ1v) is 9.63. The van der Waals surface area contributed by atoms with Crippen LogP contribution in [0.3, 0.4) is 0 Å². The van der Waals surface area contributed by atoms with Crippen molar-refractivity contribution in [2.75, 3.05) is 28.7 Å². The van der Waals surface area contributed by atoms with Gasteiger partial charge in [-0.3, -0.25) is 9.59 Å². The Hall–Kier alpha value is -1.54. The second-order valence-electron chi connectivity index (χ2n) is 5.05. The monoisotopic (exact) mass is 343 g/mol. The number of anilines is 1. The van der Waals surface area contributed by atoms with E-state index in [-0.39, 0.29) is 28.4 Å². The van der Waals surface area contributed by atoms with Crippen molar-refractivity contribution in [1.82, 2.24) is 0 Å². The van der Waals surface area contributed by atoms with Crippen LogP contribution in [-0.4, -0.2) is 54.5 Å². The van der Waals surface area contributed by atoms with Crippen LogP contribution in [0, 0.1) is 0 Å². The standard InChI is InChI=1S/C14H17NO5S2/c16-13(9-21-12-6-7-22(19,20)10-12)15(8-14(17)18)11-4-2-1-3-5-11/h1-5,12H,6-10H2,(H,17,18). The highest BCUT2D eigenvalue weighted by Gasteiger charge is 2.29. The second kappa shape index (κ2) is 7.15. The lowest BCUT2D eigenvalue weighted by molar-refractivity contribution is -0.136. The minimum Gasteiger partial charge on any atom is -0.480 e. The number of carboxylic acid groups (broad SMARTS) is 1. The summed E-state index contributed by atoms with van der Waals surface area (Å²) in [6, 6.07) is 8.59. The van der Waals surface area contributed by atoms with Crippen LogP contribution in [0.2, 0.25) is 0 Å². The molecule has 1 saturated heterocycles. The van der Waals surface area contributed by atoms with Crippen LogP contribution in [0.15, 0.2) is 30.3 Å². The fourth-order valence-electron chi connectivity index (χ4n) is 2.23. The summed E-state index contributed by atoms with van der Waals surface area (Å²) in [6.07, 6.45) is 0.546. The third-order valence-electron chi connectivity index (χ3n) is 3.30. The van der Waals surface area contributed by atoms with Crippen molar-refractivity contribution >= 4 is 39.2 Å². The number of hydrogen-bond donors (Lipinski definition) is 1. The number of aliphatic carboxylic acids is 1. The van der Waals surface area contributed by atoms with Gasteiger partial charge in [0.15, 0.2) is 9.84 Å². The molecular weight excluding hydrogens is 326 g/mol. The minimum absolute atomic E-state index is 0.0718. The van der Waals surface area contributed by atoms with Crippen molar-refractivity contribution in [3.63, 3.8) is 0 Å². The molecule has 1 heterocycles. The molecule has 2 rings (SSSR count). The van der Waals surface area contributed by atoms with Crippen molar-refractivity contribution < 1.29 is 23.1 Å². The molecule has 1 fully saturated rings. The average molecular weight is 343 g/mol. The normalized spacial score (nSPS) is 19.7. The van der Waals surface area contributed by atoms with Crippen LogP contribution in [0.5, 0.6) is 0 Å². The van der Waals surface area contributed by atoms with E-state index in [0.29, 0.717) is 12.1 Å². The molecule has 0 aliphatic carbocycles. The molecule has 1 aromatic carbocycles. The van der Waals surface area contributed by atoms with Crippen LogP contribution in [-0.2, 0) is 19.4 Å². The average Bonchev–Trinajstić information content (AvgIpc) is 2.82. The van der Waals surface area contributed by atoms with Gasteiger partial charge in [0.1, 0.15) is 6.54 Å². The Kier molecular flexibility index (Phi) is 5.47. The molecule has 0 radical (unpaired) electrons. The number of benzene rings is 1. The van der Waals surface area contributed by atoms with Crippen molar-refractivity contribution in [2.24, 2.45) is 0 Å². The van der Waals surface area contributed by atoms with Gasteiger partial charge in [-0.15, -0.1) is 11.8 Å². The summed E-state index contributed by atoms with van der Waals surface area (Å²) in [4.78, 5) is 24.4. The van der Waals surface area contributed by atoms with Crippen LogP contribution < -0.4 is 4.90 Å². The van der Waals surface area contributed by atoms with E-state index >= 15 is 0 Å². The topological polar surface area (TPSA) is 91.8 Å². The van der Waals surface area contributed by atoms with Crippen LogP contribution in [0.25, 0.3) is 0 Å². The fourth-order valence-corrected chi connectivity index (χ4v) is 5.74. The van der Waals surface area contributed by atoms with Crippen LogP contribution in [0.4, 0.5) is 5.69 Å². The van der Waals surface area contributed by atoms with E-state index in [1.807, 2.05) is 0 Å². The highest BCUT2D eigenvalue weighted by molar-refractivity contribution is 8.02. The van der Waals surface area contributed by atoms with Crippen molar-refractivity contribution in [1.29, 1.82) is 0 Å². The Bertz CT molecular complexity index is 644. The lowest BCUT2D eigenvalue weighted by Gasteiger charge is -2.21. The largest absolute Gasteiger partial charge is 0.480 e. The molecule has 1 aromatic rings. The van der Waals surface area contributed by atoms with Crippen molar-refractivity contribution in [3.8, 4) is 0 Å². The van der Waals surface area contributed by atoms with Crippen molar-refractivity contribution in [3.05, 3.63) is 30.3 Å². The number of thioether (sulfide) groups is 1. The lowest BCUT2D eigenvalue weighted by atomic mass is 10.3. The van der Waals surface area contributed by atoms with E-state index in [1.54, 1.807) is 30.3 Å². The first-order valence-electron chi connectivity index (χ1n) is 6.76. The molecule has 1 amide bonds. The predicted molar refractivity (Wildman–Crippen MR) is 85.9 cm³/mol. The van der Waals surface area contributed by atoms with E-state index in [2.05, 4.69) is 0 Å². The number of carbonyl (C=O) groups is 2. The fraction of sp³-hybridized carbons (Fsp3) is 0.429. The molecular formula is C14H17NO5S2. The predicted octanol–water partition coefficient (Wildman–Crippen LogP) is 1.02. The third kappa shape index (κ3) is 4.74. The summed E-state index contributed by atoms with van der Waals surface area (Å²) in [5, 5.41) is 8.88. The summed E-state index contributed by atoms with van der Waals surface area (Å²) in [5.41, 5.74) is 0.523.